The zero-order chi connectivity index (χ0) is 30.8. The number of ether oxygens (including phenoxy) is 3. The number of unbranched alkanes of at least 4 members (excludes halogenated alkanes) is 1. The zero-order valence-electron chi connectivity index (χ0n) is 24.1. The minimum atomic E-state index is -4.47. The third-order valence-corrected chi connectivity index (χ3v) is 7.87. The Bertz CT molecular complexity index is 1290. The van der Waals surface area contributed by atoms with Crippen LogP contribution in [0, 0.1) is 0 Å². The molecule has 0 saturated carbocycles. The van der Waals surface area contributed by atoms with Gasteiger partial charge in [0.1, 0.15) is 17.8 Å². The maximum absolute atomic E-state index is 13.5. The molecule has 0 unspecified atom stereocenters. The third kappa shape index (κ3) is 9.72. The van der Waals surface area contributed by atoms with Crippen molar-refractivity contribution in [3.8, 4) is 17.3 Å². The van der Waals surface area contributed by atoms with Gasteiger partial charge in [0.05, 0.1) is 26.0 Å². The predicted octanol–water partition coefficient (Wildman–Crippen LogP) is 2.06. The van der Waals surface area contributed by atoms with Gasteiger partial charge >= 0.3 is 13.7 Å². The number of carbonyl (C=O) groups is 3. The van der Waals surface area contributed by atoms with Crippen molar-refractivity contribution in [3.05, 3.63) is 42.1 Å². The van der Waals surface area contributed by atoms with E-state index >= 15 is 0 Å². The number of nitrogens with zero attached hydrogens (tertiary/aromatic N) is 4. The molecule has 2 saturated heterocycles. The summed E-state index contributed by atoms with van der Waals surface area (Å²) in [4.78, 5) is 70.1. The summed E-state index contributed by atoms with van der Waals surface area (Å²) in [6.07, 6.45) is 0.711. The van der Waals surface area contributed by atoms with E-state index < -0.39 is 37.7 Å². The van der Waals surface area contributed by atoms with Crippen LogP contribution in [0.25, 0.3) is 11.4 Å². The Morgan fingerprint density at radius 2 is 1.84 bits per heavy atom. The second kappa shape index (κ2) is 15.2. The van der Waals surface area contributed by atoms with E-state index in [4.69, 9.17) is 14.2 Å². The molecule has 14 nitrogen and oxygen atoms in total. The number of hydrogen-bond donors (Lipinski definition) is 3. The van der Waals surface area contributed by atoms with Gasteiger partial charge in [0, 0.05) is 44.2 Å². The van der Waals surface area contributed by atoms with Crippen LogP contribution in [0.4, 0.5) is 4.79 Å². The highest BCUT2D eigenvalue weighted by Gasteiger charge is 2.32. The molecule has 43 heavy (non-hydrogen) atoms. The number of hydrogen-bond acceptors (Lipinski definition) is 9. The molecule has 2 aliphatic rings. The number of benzene rings is 1. The van der Waals surface area contributed by atoms with E-state index in [1.165, 1.54) is 15.9 Å². The molecule has 2 atom stereocenters. The smallest absolute Gasteiger partial charge is 0.409 e. The lowest BCUT2D eigenvalue weighted by molar-refractivity contribution is -0.134. The standard InChI is InChI=1S/C28H38N5O9P/c1-2-3-15-41-28(36)33-13-11-32(12-14-33)27(35)22(10-17-43(37,38)39)30-26(34)23-18-24(42-21-9-16-40-19-21)31-25(29-23)20-7-5-4-6-8-20/h4-8,18,21-22H,2-3,9-17,19H2,1H3,(H,30,34)(H2,37,38,39)/t21-,22-/m0/s1. The van der Waals surface area contributed by atoms with Gasteiger partial charge in [-0.3, -0.25) is 14.2 Å². The largest absolute Gasteiger partial charge is 0.472 e. The van der Waals surface area contributed by atoms with Crippen molar-refractivity contribution in [2.75, 3.05) is 52.2 Å². The molecule has 0 radical (unpaired) electrons. The average molecular weight is 620 g/mol. The van der Waals surface area contributed by atoms with Crippen molar-refractivity contribution in [2.45, 2.75) is 44.8 Å². The molecule has 15 heteroatoms. The van der Waals surface area contributed by atoms with Gasteiger partial charge < -0.3 is 39.1 Å². The quantitative estimate of drug-likeness (QED) is 0.234. The summed E-state index contributed by atoms with van der Waals surface area (Å²) in [5.74, 6) is -0.844. The molecule has 234 valence electrons. The van der Waals surface area contributed by atoms with Crippen LogP contribution in [0.3, 0.4) is 0 Å². The Hall–Kier alpha value is -3.58. The molecular formula is C28H38N5O9P. The number of piperazine rings is 1. The first-order chi connectivity index (χ1) is 20.6. The first kappa shape index (κ1) is 32.3. The summed E-state index contributed by atoms with van der Waals surface area (Å²) < 4.78 is 28.2. The number of amides is 3. The Labute approximate surface area is 249 Å². The fourth-order valence-corrected chi connectivity index (χ4v) is 5.20. The van der Waals surface area contributed by atoms with Crippen molar-refractivity contribution in [3.63, 3.8) is 0 Å². The second-order valence-corrected chi connectivity index (χ2v) is 12.1. The van der Waals surface area contributed by atoms with E-state index in [2.05, 4.69) is 15.3 Å². The predicted molar refractivity (Wildman–Crippen MR) is 155 cm³/mol. The van der Waals surface area contributed by atoms with Crippen LogP contribution in [0.1, 0.15) is 43.1 Å². The van der Waals surface area contributed by atoms with Crippen LogP contribution in [0.2, 0.25) is 0 Å². The first-order valence-electron chi connectivity index (χ1n) is 14.4. The molecular weight excluding hydrogens is 581 g/mol. The van der Waals surface area contributed by atoms with Crippen molar-refractivity contribution < 1.29 is 42.9 Å². The van der Waals surface area contributed by atoms with Crippen LogP contribution >= 0.6 is 7.60 Å². The summed E-state index contributed by atoms with van der Waals surface area (Å²) in [6.45, 7) is 4.06. The lowest BCUT2D eigenvalue weighted by Gasteiger charge is -2.36. The Kier molecular flexibility index (Phi) is 11.5. The van der Waals surface area contributed by atoms with Gasteiger partial charge in [-0.1, -0.05) is 43.7 Å². The molecule has 3 N–H and O–H groups in total. The molecule has 2 aliphatic heterocycles. The van der Waals surface area contributed by atoms with Gasteiger partial charge in [-0.25, -0.2) is 9.78 Å². The Morgan fingerprint density at radius 3 is 2.49 bits per heavy atom. The summed E-state index contributed by atoms with van der Waals surface area (Å²) >= 11 is 0. The number of aromatic nitrogens is 2. The lowest BCUT2D eigenvalue weighted by Crippen LogP contribution is -2.56. The maximum Gasteiger partial charge on any atom is 0.409 e. The topological polar surface area (TPSA) is 181 Å². The van der Waals surface area contributed by atoms with E-state index in [-0.39, 0.29) is 56.1 Å². The molecule has 0 aliphatic carbocycles. The summed E-state index contributed by atoms with van der Waals surface area (Å²) in [7, 11) is -4.47. The SMILES string of the molecule is CCCCOC(=O)N1CCN(C(=O)[C@H](CCP(=O)(O)O)NC(=O)c2cc(O[C@H]3CCOC3)nc(-c3ccccc3)n2)CC1. The molecule has 0 bridgehead atoms. The van der Waals surface area contributed by atoms with Gasteiger partial charge in [0.2, 0.25) is 11.8 Å². The fourth-order valence-electron chi connectivity index (χ4n) is 4.61. The summed E-state index contributed by atoms with van der Waals surface area (Å²) in [5.41, 5.74) is 0.571. The van der Waals surface area contributed by atoms with E-state index in [1.807, 2.05) is 13.0 Å². The average Bonchev–Trinajstić information content (AvgIpc) is 3.52. The number of nitrogens with one attached hydrogen (secondary N) is 1. The normalized spacial score (nSPS) is 17.8. The summed E-state index contributed by atoms with van der Waals surface area (Å²) in [6, 6.07) is 9.13. The Morgan fingerprint density at radius 1 is 1.12 bits per heavy atom. The molecule has 4 rings (SSSR count). The maximum atomic E-state index is 13.5. The van der Waals surface area contributed by atoms with Crippen LogP contribution in [0.15, 0.2) is 36.4 Å². The highest BCUT2D eigenvalue weighted by molar-refractivity contribution is 7.51. The van der Waals surface area contributed by atoms with Crippen LogP contribution in [0.5, 0.6) is 5.88 Å². The van der Waals surface area contributed by atoms with Gasteiger partial charge in [-0.05, 0) is 12.8 Å². The lowest BCUT2D eigenvalue weighted by atomic mass is 10.1. The highest BCUT2D eigenvalue weighted by Crippen LogP contribution is 2.35. The minimum absolute atomic E-state index is 0.0728. The molecule has 2 fully saturated rings. The van der Waals surface area contributed by atoms with Gasteiger partial charge in [0.15, 0.2) is 5.82 Å². The molecule has 0 spiro atoms. The third-order valence-electron chi connectivity index (χ3n) is 7.03. The Balaban J connectivity index is 1.49. The fraction of sp³-hybridized carbons (Fsp3) is 0.536. The van der Waals surface area contributed by atoms with E-state index in [9.17, 15) is 28.7 Å². The van der Waals surface area contributed by atoms with Crippen LogP contribution in [-0.4, -0.2) is 112 Å². The second-order valence-electron chi connectivity index (χ2n) is 10.4. The molecule has 1 aromatic carbocycles. The van der Waals surface area contributed by atoms with Gasteiger partial charge in [0.25, 0.3) is 5.91 Å². The summed E-state index contributed by atoms with van der Waals surface area (Å²) in [5, 5.41) is 2.62. The highest BCUT2D eigenvalue weighted by atomic mass is 31.2. The molecule has 1 aromatic heterocycles. The van der Waals surface area contributed by atoms with Crippen LogP contribution in [-0.2, 0) is 18.8 Å². The monoisotopic (exact) mass is 619 g/mol. The van der Waals surface area contributed by atoms with E-state index in [1.54, 1.807) is 24.3 Å². The molecule has 2 aromatic rings. The van der Waals surface area contributed by atoms with E-state index in [0.717, 1.165) is 12.8 Å². The minimum Gasteiger partial charge on any atom is -0.472 e. The van der Waals surface area contributed by atoms with Crippen LogP contribution < -0.4 is 10.1 Å². The van der Waals surface area contributed by atoms with Crippen molar-refractivity contribution in [1.82, 2.24) is 25.1 Å². The first-order valence-corrected chi connectivity index (χ1v) is 16.2. The zero-order valence-corrected chi connectivity index (χ0v) is 25.0. The number of rotatable bonds is 12. The van der Waals surface area contributed by atoms with Crippen molar-refractivity contribution in [2.24, 2.45) is 0 Å². The van der Waals surface area contributed by atoms with Gasteiger partial charge in [-0.15, -0.1) is 0 Å². The molecule has 3 heterocycles. The van der Waals surface area contributed by atoms with Gasteiger partial charge in [-0.2, -0.15) is 4.98 Å². The molecule has 3 amide bonds. The van der Waals surface area contributed by atoms with Crippen molar-refractivity contribution in [1.29, 1.82) is 0 Å². The number of carbonyl (C=O) groups excluding carboxylic acids is 3. The van der Waals surface area contributed by atoms with Crippen molar-refractivity contribution >= 4 is 25.5 Å². The van der Waals surface area contributed by atoms with E-state index in [0.29, 0.717) is 31.8 Å².